The molecule has 0 saturated carbocycles. The summed E-state index contributed by atoms with van der Waals surface area (Å²) in [5.74, 6) is 0.368. The van der Waals surface area contributed by atoms with Crippen LogP contribution in [0.2, 0.25) is 0 Å². The van der Waals surface area contributed by atoms with Gasteiger partial charge in [0.1, 0.15) is 0 Å². The van der Waals surface area contributed by atoms with Crippen LogP contribution in [0.1, 0.15) is 26.2 Å². The Morgan fingerprint density at radius 1 is 1.10 bits per heavy atom. The van der Waals surface area contributed by atoms with Gasteiger partial charge >= 0.3 is 0 Å². The summed E-state index contributed by atoms with van der Waals surface area (Å²) in [6.07, 6.45) is 2.50. The third-order valence-electron chi connectivity index (χ3n) is 4.08. The lowest BCUT2D eigenvalue weighted by Gasteiger charge is -2.32. The highest BCUT2D eigenvalue weighted by Gasteiger charge is 2.21. The minimum atomic E-state index is 0.158. The van der Waals surface area contributed by atoms with Crippen molar-refractivity contribution in [2.24, 2.45) is 0 Å². The number of carbonyl (C=O) groups excluding carboxylic acids is 2. The van der Waals surface area contributed by atoms with Crippen molar-refractivity contribution in [1.29, 1.82) is 0 Å². The van der Waals surface area contributed by atoms with Crippen molar-refractivity contribution in [1.82, 2.24) is 15.1 Å². The number of ether oxygens (including phenoxy) is 1. The molecule has 0 radical (unpaired) electrons. The molecular formula is C14H25N3O3. The van der Waals surface area contributed by atoms with Crippen molar-refractivity contribution >= 4 is 11.8 Å². The van der Waals surface area contributed by atoms with Gasteiger partial charge in [-0.15, -0.1) is 0 Å². The van der Waals surface area contributed by atoms with Gasteiger partial charge in [0.05, 0.1) is 13.2 Å². The first-order valence-electron chi connectivity index (χ1n) is 7.51. The highest BCUT2D eigenvalue weighted by Crippen LogP contribution is 2.10. The number of hydrogen-bond donors (Lipinski definition) is 1. The van der Waals surface area contributed by atoms with E-state index in [0.717, 1.165) is 45.6 Å². The Morgan fingerprint density at radius 2 is 1.75 bits per heavy atom. The van der Waals surface area contributed by atoms with Gasteiger partial charge in [-0.25, -0.2) is 0 Å². The van der Waals surface area contributed by atoms with Gasteiger partial charge in [-0.2, -0.15) is 0 Å². The second-order valence-corrected chi connectivity index (χ2v) is 5.48. The van der Waals surface area contributed by atoms with Crippen LogP contribution >= 0.6 is 0 Å². The molecule has 0 aromatic heterocycles. The van der Waals surface area contributed by atoms with Crippen LogP contribution in [0, 0.1) is 0 Å². The average Bonchev–Trinajstić information content (AvgIpc) is 2.48. The summed E-state index contributed by atoms with van der Waals surface area (Å²) in [7, 11) is 0. The molecule has 6 nitrogen and oxygen atoms in total. The molecule has 0 aromatic carbocycles. The Kier molecular flexibility index (Phi) is 5.79. The number of amides is 2. The Balaban J connectivity index is 1.59. The van der Waals surface area contributed by atoms with Crippen molar-refractivity contribution in [2.75, 3.05) is 45.9 Å². The molecule has 2 aliphatic rings. The molecular weight excluding hydrogens is 258 g/mol. The predicted octanol–water partition coefficient (Wildman–Crippen LogP) is -0.164. The molecule has 0 bridgehead atoms. The molecule has 0 aromatic rings. The topological polar surface area (TPSA) is 61.9 Å². The number of nitrogens with one attached hydrogen (secondary N) is 1. The van der Waals surface area contributed by atoms with Crippen molar-refractivity contribution < 1.29 is 14.3 Å². The second-order valence-electron chi connectivity index (χ2n) is 5.48. The van der Waals surface area contributed by atoms with E-state index >= 15 is 0 Å². The first-order valence-corrected chi connectivity index (χ1v) is 7.51. The van der Waals surface area contributed by atoms with Gasteiger partial charge < -0.3 is 19.9 Å². The van der Waals surface area contributed by atoms with Crippen LogP contribution in [-0.2, 0) is 14.3 Å². The first kappa shape index (κ1) is 15.3. The van der Waals surface area contributed by atoms with Gasteiger partial charge in [0, 0.05) is 52.1 Å². The third kappa shape index (κ3) is 4.45. The van der Waals surface area contributed by atoms with Crippen molar-refractivity contribution in [2.45, 2.75) is 32.2 Å². The molecule has 2 amide bonds. The fourth-order valence-electron chi connectivity index (χ4n) is 2.75. The summed E-state index contributed by atoms with van der Waals surface area (Å²) in [6, 6.07) is 0.433. The lowest BCUT2D eigenvalue weighted by Crippen LogP contribution is -2.45. The Bertz CT molecular complexity index is 335. The number of piperidine rings is 1. The Labute approximate surface area is 120 Å². The third-order valence-corrected chi connectivity index (χ3v) is 4.08. The maximum atomic E-state index is 12.0. The van der Waals surface area contributed by atoms with Gasteiger partial charge in [0.25, 0.3) is 0 Å². The molecule has 2 rings (SSSR count). The highest BCUT2D eigenvalue weighted by molar-refractivity contribution is 5.76. The van der Waals surface area contributed by atoms with Crippen molar-refractivity contribution in [3.05, 3.63) is 0 Å². The van der Waals surface area contributed by atoms with Crippen LogP contribution in [0.25, 0.3) is 0 Å². The Hall–Kier alpha value is -1.14. The van der Waals surface area contributed by atoms with Crippen LogP contribution in [0.5, 0.6) is 0 Å². The first-order chi connectivity index (χ1) is 9.66. The Morgan fingerprint density at radius 3 is 2.35 bits per heavy atom. The average molecular weight is 283 g/mol. The number of nitrogens with zero attached hydrogens (tertiary/aromatic N) is 2. The second kappa shape index (κ2) is 7.59. The molecule has 2 fully saturated rings. The van der Waals surface area contributed by atoms with Crippen molar-refractivity contribution in [3.63, 3.8) is 0 Å². The van der Waals surface area contributed by atoms with E-state index in [1.807, 2.05) is 9.80 Å². The molecule has 0 atom stereocenters. The molecule has 0 unspecified atom stereocenters. The summed E-state index contributed by atoms with van der Waals surface area (Å²) in [5, 5.41) is 3.43. The van der Waals surface area contributed by atoms with E-state index in [1.54, 1.807) is 6.92 Å². The van der Waals surface area contributed by atoms with Gasteiger partial charge in [0.2, 0.25) is 11.8 Å². The van der Waals surface area contributed by atoms with Gasteiger partial charge in [-0.1, -0.05) is 0 Å². The molecule has 20 heavy (non-hydrogen) atoms. The van der Waals surface area contributed by atoms with E-state index in [0.29, 0.717) is 25.7 Å². The zero-order chi connectivity index (χ0) is 14.4. The summed E-state index contributed by atoms with van der Waals surface area (Å²) in [6.45, 7) is 6.74. The summed E-state index contributed by atoms with van der Waals surface area (Å²) < 4.78 is 5.24. The van der Waals surface area contributed by atoms with E-state index in [4.69, 9.17) is 4.74 Å². The quantitative estimate of drug-likeness (QED) is 0.778. The minimum absolute atomic E-state index is 0.158. The molecule has 114 valence electrons. The molecule has 0 aliphatic carbocycles. The largest absolute Gasteiger partial charge is 0.378 e. The normalized spacial score (nSPS) is 21.1. The van der Waals surface area contributed by atoms with Crippen LogP contribution in [0.3, 0.4) is 0 Å². The fourth-order valence-corrected chi connectivity index (χ4v) is 2.75. The molecule has 6 heteroatoms. The van der Waals surface area contributed by atoms with Crippen LogP contribution in [0.15, 0.2) is 0 Å². The number of morpholine rings is 1. The minimum Gasteiger partial charge on any atom is -0.378 e. The molecule has 2 heterocycles. The zero-order valence-corrected chi connectivity index (χ0v) is 12.3. The predicted molar refractivity (Wildman–Crippen MR) is 75.3 cm³/mol. The number of hydrogen-bond acceptors (Lipinski definition) is 4. The van der Waals surface area contributed by atoms with Gasteiger partial charge in [0.15, 0.2) is 0 Å². The highest BCUT2D eigenvalue weighted by atomic mass is 16.5. The number of likely N-dealkylation sites (tertiary alicyclic amines) is 1. The van der Waals surface area contributed by atoms with Gasteiger partial charge in [-0.05, 0) is 12.8 Å². The molecule has 2 aliphatic heterocycles. The number of rotatable bonds is 4. The monoisotopic (exact) mass is 283 g/mol. The van der Waals surface area contributed by atoms with E-state index in [-0.39, 0.29) is 11.8 Å². The fraction of sp³-hybridized carbons (Fsp3) is 0.857. The van der Waals surface area contributed by atoms with Crippen LogP contribution in [-0.4, -0.2) is 73.6 Å². The van der Waals surface area contributed by atoms with E-state index < -0.39 is 0 Å². The number of carbonyl (C=O) groups is 2. The van der Waals surface area contributed by atoms with Gasteiger partial charge in [-0.3, -0.25) is 9.59 Å². The van der Waals surface area contributed by atoms with E-state index in [9.17, 15) is 9.59 Å². The zero-order valence-electron chi connectivity index (χ0n) is 12.3. The lowest BCUT2D eigenvalue weighted by molar-refractivity contribution is -0.135. The summed E-state index contributed by atoms with van der Waals surface area (Å²) >= 11 is 0. The summed E-state index contributed by atoms with van der Waals surface area (Å²) in [4.78, 5) is 27.0. The van der Waals surface area contributed by atoms with Crippen LogP contribution in [0.4, 0.5) is 0 Å². The lowest BCUT2D eigenvalue weighted by atomic mass is 10.0. The standard InChI is InChI=1S/C14H25N3O3/c1-12(18)16-6-3-13(4-7-16)15-5-2-14(19)17-8-10-20-11-9-17/h13,15H,2-11H2,1H3. The smallest absolute Gasteiger partial charge is 0.224 e. The summed E-state index contributed by atoms with van der Waals surface area (Å²) in [5.41, 5.74) is 0. The van der Waals surface area contributed by atoms with E-state index in [1.165, 1.54) is 0 Å². The maximum Gasteiger partial charge on any atom is 0.224 e. The van der Waals surface area contributed by atoms with E-state index in [2.05, 4.69) is 5.32 Å². The molecule has 0 spiro atoms. The SMILES string of the molecule is CC(=O)N1CCC(NCCC(=O)N2CCOCC2)CC1. The molecule has 2 saturated heterocycles. The maximum absolute atomic E-state index is 12.0. The van der Waals surface area contributed by atoms with Crippen LogP contribution < -0.4 is 5.32 Å². The van der Waals surface area contributed by atoms with Crippen molar-refractivity contribution in [3.8, 4) is 0 Å². The molecule has 1 N–H and O–H groups in total.